The van der Waals surface area contributed by atoms with E-state index >= 15 is 0 Å². The second-order valence-corrected chi connectivity index (χ2v) is 4.67. The Bertz CT molecular complexity index is 339. The van der Waals surface area contributed by atoms with Gasteiger partial charge >= 0.3 is 0 Å². The summed E-state index contributed by atoms with van der Waals surface area (Å²) in [6, 6.07) is 0.307. The Kier molecular flexibility index (Phi) is 3.61. The molecular formula is C12H22N4. The van der Waals surface area contributed by atoms with E-state index in [-0.39, 0.29) is 0 Å². The van der Waals surface area contributed by atoms with Crippen LogP contribution < -0.4 is 5.73 Å². The molecule has 1 aromatic heterocycles. The van der Waals surface area contributed by atoms with E-state index < -0.39 is 0 Å². The van der Waals surface area contributed by atoms with Crippen molar-refractivity contribution in [2.24, 2.45) is 12.8 Å². The first-order chi connectivity index (χ1) is 7.74. The van der Waals surface area contributed by atoms with Crippen LogP contribution in [0.2, 0.25) is 0 Å². The van der Waals surface area contributed by atoms with Crippen molar-refractivity contribution in [2.75, 3.05) is 19.6 Å². The number of aryl methyl sites for hydroxylation is 1. The summed E-state index contributed by atoms with van der Waals surface area (Å²) in [4.78, 5) is 6.99. The van der Waals surface area contributed by atoms with Crippen LogP contribution in [0.15, 0.2) is 6.33 Å². The Morgan fingerprint density at radius 3 is 2.56 bits per heavy atom. The van der Waals surface area contributed by atoms with Gasteiger partial charge in [-0.25, -0.2) is 4.98 Å². The standard InChI is InChI=1S/C12H22N4/c1-10-12(14-9-15(10)2)11(8-13)16-6-4-3-5-7-16/h9,11H,3-8,13H2,1-2H3. The van der Waals surface area contributed by atoms with Crippen molar-refractivity contribution >= 4 is 0 Å². The summed E-state index contributed by atoms with van der Waals surface area (Å²) < 4.78 is 2.07. The molecule has 0 bridgehead atoms. The number of likely N-dealkylation sites (tertiary alicyclic amines) is 1. The number of piperidine rings is 1. The number of imidazole rings is 1. The third-order valence-corrected chi connectivity index (χ3v) is 3.64. The van der Waals surface area contributed by atoms with Crippen LogP contribution in [0.4, 0.5) is 0 Å². The molecule has 90 valence electrons. The van der Waals surface area contributed by atoms with Gasteiger partial charge in [-0.2, -0.15) is 0 Å². The monoisotopic (exact) mass is 222 g/mol. The zero-order chi connectivity index (χ0) is 11.5. The van der Waals surface area contributed by atoms with Crippen molar-refractivity contribution in [1.29, 1.82) is 0 Å². The van der Waals surface area contributed by atoms with E-state index in [1.807, 2.05) is 13.4 Å². The van der Waals surface area contributed by atoms with Gasteiger partial charge in [-0.1, -0.05) is 6.42 Å². The largest absolute Gasteiger partial charge is 0.338 e. The highest BCUT2D eigenvalue weighted by atomic mass is 15.2. The molecule has 0 saturated carbocycles. The molecule has 2 heterocycles. The van der Waals surface area contributed by atoms with E-state index in [1.165, 1.54) is 25.0 Å². The lowest BCUT2D eigenvalue weighted by Gasteiger charge is -2.33. The molecule has 0 amide bonds. The molecule has 2 rings (SSSR count). The van der Waals surface area contributed by atoms with Crippen LogP contribution in [0.1, 0.15) is 36.7 Å². The third kappa shape index (κ3) is 2.13. The zero-order valence-corrected chi connectivity index (χ0v) is 10.3. The molecule has 1 aliphatic rings. The molecule has 1 unspecified atom stereocenters. The quantitative estimate of drug-likeness (QED) is 0.836. The van der Waals surface area contributed by atoms with Gasteiger partial charge in [0.05, 0.1) is 18.1 Å². The lowest BCUT2D eigenvalue weighted by atomic mass is 10.1. The van der Waals surface area contributed by atoms with Gasteiger partial charge in [0.2, 0.25) is 0 Å². The van der Waals surface area contributed by atoms with Gasteiger partial charge in [-0.05, 0) is 32.9 Å². The molecule has 1 atom stereocenters. The predicted molar refractivity (Wildman–Crippen MR) is 65.2 cm³/mol. The fourth-order valence-corrected chi connectivity index (χ4v) is 2.50. The highest BCUT2D eigenvalue weighted by Gasteiger charge is 2.24. The second-order valence-electron chi connectivity index (χ2n) is 4.67. The molecule has 0 radical (unpaired) electrons. The third-order valence-electron chi connectivity index (χ3n) is 3.64. The van der Waals surface area contributed by atoms with Crippen molar-refractivity contribution < 1.29 is 0 Å². The Morgan fingerprint density at radius 1 is 1.38 bits per heavy atom. The molecule has 0 aliphatic carbocycles. The van der Waals surface area contributed by atoms with E-state index in [1.54, 1.807) is 0 Å². The van der Waals surface area contributed by atoms with Crippen molar-refractivity contribution in [2.45, 2.75) is 32.2 Å². The minimum absolute atomic E-state index is 0.307. The number of hydrogen-bond donors (Lipinski definition) is 1. The number of nitrogens with two attached hydrogens (primary N) is 1. The molecule has 1 aliphatic heterocycles. The van der Waals surface area contributed by atoms with Crippen LogP contribution in [0.5, 0.6) is 0 Å². The van der Waals surface area contributed by atoms with Crippen LogP contribution >= 0.6 is 0 Å². The fourth-order valence-electron chi connectivity index (χ4n) is 2.50. The summed E-state index contributed by atoms with van der Waals surface area (Å²) in [5, 5.41) is 0. The van der Waals surface area contributed by atoms with E-state index in [4.69, 9.17) is 5.73 Å². The molecule has 1 aromatic rings. The van der Waals surface area contributed by atoms with Crippen LogP contribution in [0.3, 0.4) is 0 Å². The average molecular weight is 222 g/mol. The summed E-state index contributed by atoms with van der Waals surface area (Å²) in [6.07, 6.45) is 5.83. The van der Waals surface area contributed by atoms with Crippen LogP contribution in [-0.4, -0.2) is 34.1 Å². The highest BCUT2D eigenvalue weighted by molar-refractivity contribution is 5.16. The predicted octanol–water partition coefficient (Wildman–Crippen LogP) is 1.21. The van der Waals surface area contributed by atoms with E-state index in [9.17, 15) is 0 Å². The maximum absolute atomic E-state index is 5.92. The van der Waals surface area contributed by atoms with Crippen LogP contribution in [0.25, 0.3) is 0 Å². The average Bonchev–Trinajstić information content (AvgIpc) is 2.64. The van der Waals surface area contributed by atoms with Crippen LogP contribution in [0, 0.1) is 6.92 Å². The Morgan fingerprint density at radius 2 is 2.06 bits per heavy atom. The van der Waals surface area contributed by atoms with Gasteiger partial charge < -0.3 is 10.3 Å². The molecule has 1 fully saturated rings. The summed E-state index contributed by atoms with van der Waals surface area (Å²) in [5.41, 5.74) is 8.32. The molecule has 0 spiro atoms. The lowest BCUT2D eigenvalue weighted by molar-refractivity contribution is 0.164. The maximum Gasteiger partial charge on any atom is 0.0949 e. The first-order valence-electron chi connectivity index (χ1n) is 6.16. The number of aromatic nitrogens is 2. The van der Waals surface area contributed by atoms with Gasteiger partial charge in [-0.3, -0.25) is 4.90 Å². The molecule has 0 aromatic carbocycles. The number of nitrogens with zero attached hydrogens (tertiary/aromatic N) is 3. The molecular weight excluding hydrogens is 200 g/mol. The van der Waals surface area contributed by atoms with Gasteiger partial charge in [0, 0.05) is 19.3 Å². The summed E-state index contributed by atoms with van der Waals surface area (Å²) in [7, 11) is 2.04. The molecule has 1 saturated heterocycles. The smallest absolute Gasteiger partial charge is 0.0949 e. The fraction of sp³-hybridized carbons (Fsp3) is 0.750. The Labute approximate surface area is 97.4 Å². The first kappa shape index (κ1) is 11.6. The van der Waals surface area contributed by atoms with Crippen molar-refractivity contribution in [1.82, 2.24) is 14.5 Å². The first-order valence-corrected chi connectivity index (χ1v) is 6.16. The van der Waals surface area contributed by atoms with Crippen molar-refractivity contribution in [3.05, 3.63) is 17.7 Å². The number of rotatable bonds is 3. The van der Waals surface area contributed by atoms with Gasteiger partial charge in [-0.15, -0.1) is 0 Å². The summed E-state index contributed by atoms with van der Waals surface area (Å²) in [6.45, 7) is 5.11. The van der Waals surface area contributed by atoms with E-state index in [2.05, 4.69) is 21.4 Å². The normalized spacial score (nSPS) is 19.9. The summed E-state index contributed by atoms with van der Waals surface area (Å²) in [5.74, 6) is 0. The minimum Gasteiger partial charge on any atom is -0.338 e. The molecule has 16 heavy (non-hydrogen) atoms. The number of hydrogen-bond acceptors (Lipinski definition) is 3. The van der Waals surface area contributed by atoms with Gasteiger partial charge in [0.1, 0.15) is 0 Å². The minimum atomic E-state index is 0.307. The zero-order valence-electron chi connectivity index (χ0n) is 10.3. The van der Waals surface area contributed by atoms with Gasteiger partial charge in [0.25, 0.3) is 0 Å². The van der Waals surface area contributed by atoms with E-state index in [0.717, 1.165) is 18.8 Å². The SMILES string of the molecule is Cc1c(C(CN)N2CCCCC2)ncn1C. The second kappa shape index (κ2) is 4.97. The molecule has 2 N–H and O–H groups in total. The van der Waals surface area contributed by atoms with Crippen molar-refractivity contribution in [3.8, 4) is 0 Å². The van der Waals surface area contributed by atoms with Gasteiger partial charge in [0.15, 0.2) is 0 Å². The summed E-state index contributed by atoms with van der Waals surface area (Å²) >= 11 is 0. The lowest BCUT2D eigenvalue weighted by Crippen LogP contribution is -2.38. The van der Waals surface area contributed by atoms with E-state index in [0.29, 0.717) is 12.6 Å². The highest BCUT2D eigenvalue weighted by Crippen LogP contribution is 2.24. The van der Waals surface area contributed by atoms with Crippen molar-refractivity contribution in [3.63, 3.8) is 0 Å². The Hall–Kier alpha value is -0.870. The van der Waals surface area contributed by atoms with Crippen LogP contribution in [-0.2, 0) is 7.05 Å². The Balaban J connectivity index is 2.18. The molecule has 4 nitrogen and oxygen atoms in total. The topological polar surface area (TPSA) is 47.1 Å². The molecule has 4 heteroatoms. The maximum atomic E-state index is 5.92.